The van der Waals surface area contributed by atoms with Crippen molar-refractivity contribution < 1.29 is 18.7 Å². The SMILES string of the molecule is CC(C)C(=O)Nc1cccc(NC(=O)COc2ccc(F)cc2)c1. The predicted octanol–water partition coefficient (Wildman–Crippen LogP) is 3.44. The Bertz CT molecular complexity index is 714. The van der Waals surface area contributed by atoms with Crippen molar-refractivity contribution in [3.05, 3.63) is 54.3 Å². The minimum Gasteiger partial charge on any atom is -0.484 e. The van der Waals surface area contributed by atoms with Crippen LogP contribution in [0.4, 0.5) is 15.8 Å². The van der Waals surface area contributed by atoms with Crippen molar-refractivity contribution in [2.75, 3.05) is 17.2 Å². The highest BCUT2D eigenvalue weighted by molar-refractivity contribution is 5.95. The molecule has 0 radical (unpaired) electrons. The Morgan fingerprint density at radius 1 is 1.04 bits per heavy atom. The molecule has 2 amide bonds. The molecular formula is C18H19FN2O3. The zero-order valence-electron chi connectivity index (χ0n) is 13.5. The van der Waals surface area contributed by atoms with Crippen molar-refractivity contribution in [3.8, 4) is 5.75 Å². The first-order valence-electron chi connectivity index (χ1n) is 7.53. The smallest absolute Gasteiger partial charge is 0.262 e. The molecule has 0 bridgehead atoms. The van der Waals surface area contributed by atoms with E-state index in [4.69, 9.17) is 4.74 Å². The monoisotopic (exact) mass is 330 g/mol. The van der Waals surface area contributed by atoms with Crippen LogP contribution in [0, 0.1) is 11.7 Å². The lowest BCUT2D eigenvalue weighted by atomic mass is 10.2. The van der Waals surface area contributed by atoms with Gasteiger partial charge in [-0.2, -0.15) is 0 Å². The van der Waals surface area contributed by atoms with Crippen LogP contribution < -0.4 is 15.4 Å². The number of rotatable bonds is 6. The van der Waals surface area contributed by atoms with E-state index in [0.29, 0.717) is 17.1 Å². The molecule has 2 aromatic carbocycles. The summed E-state index contributed by atoms with van der Waals surface area (Å²) in [7, 11) is 0. The van der Waals surface area contributed by atoms with Gasteiger partial charge < -0.3 is 15.4 Å². The fraction of sp³-hybridized carbons (Fsp3) is 0.222. The van der Waals surface area contributed by atoms with Gasteiger partial charge in [-0.1, -0.05) is 19.9 Å². The molecule has 0 aromatic heterocycles. The number of carbonyl (C=O) groups excluding carboxylic acids is 2. The van der Waals surface area contributed by atoms with E-state index in [9.17, 15) is 14.0 Å². The lowest BCUT2D eigenvalue weighted by molar-refractivity contribution is -0.119. The molecule has 0 aliphatic carbocycles. The van der Waals surface area contributed by atoms with Gasteiger partial charge in [0.15, 0.2) is 6.61 Å². The molecule has 2 N–H and O–H groups in total. The average Bonchev–Trinajstić information content (AvgIpc) is 2.54. The van der Waals surface area contributed by atoms with E-state index in [1.165, 1.54) is 24.3 Å². The van der Waals surface area contributed by atoms with E-state index in [0.717, 1.165) is 0 Å². The van der Waals surface area contributed by atoms with Crippen molar-refractivity contribution >= 4 is 23.2 Å². The molecule has 0 fully saturated rings. The molecule has 6 heteroatoms. The molecule has 5 nitrogen and oxygen atoms in total. The number of nitrogens with one attached hydrogen (secondary N) is 2. The summed E-state index contributed by atoms with van der Waals surface area (Å²) >= 11 is 0. The second-order valence-electron chi connectivity index (χ2n) is 5.52. The maximum atomic E-state index is 12.8. The number of amides is 2. The van der Waals surface area contributed by atoms with E-state index in [2.05, 4.69) is 10.6 Å². The summed E-state index contributed by atoms with van der Waals surface area (Å²) in [6, 6.07) is 12.3. The number of hydrogen-bond donors (Lipinski definition) is 2. The first-order chi connectivity index (χ1) is 11.4. The predicted molar refractivity (Wildman–Crippen MR) is 90.4 cm³/mol. The fourth-order valence-electron chi connectivity index (χ4n) is 1.84. The Kier molecular flexibility index (Phi) is 5.89. The summed E-state index contributed by atoms with van der Waals surface area (Å²) in [5.74, 6) is -0.548. The molecule has 2 aromatic rings. The number of halogens is 1. The van der Waals surface area contributed by atoms with Crippen LogP contribution >= 0.6 is 0 Å². The van der Waals surface area contributed by atoms with Crippen LogP contribution in [0.3, 0.4) is 0 Å². The maximum Gasteiger partial charge on any atom is 0.262 e. The summed E-state index contributed by atoms with van der Waals surface area (Å²) in [6.45, 7) is 3.40. The summed E-state index contributed by atoms with van der Waals surface area (Å²) in [5, 5.41) is 5.44. The summed E-state index contributed by atoms with van der Waals surface area (Å²) in [5.41, 5.74) is 1.15. The van der Waals surface area contributed by atoms with Crippen LogP contribution in [0.5, 0.6) is 5.75 Å². The summed E-state index contributed by atoms with van der Waals surface area (Å²) in [4.78, 5) is 23.6. The third-order valence-electron chi connectivity index (χ3n) is 3.12. The van der Waals surface area contributed by atoms with Gasteiger partial charge >= 0.3 is 0 Å². The molecule has 0 atom stereocenters. The molecule has 0 aliphatic rings. The molecule has 0 aliphatic heterocycles. The highest BCUT2D eigenvalue weighted by Gasteiger charge is 2.08. The third kappa shape index (κ3) is 5.39. The topological polar surface area (TPSA) is 67.4 Å². The number of hydrogen-bond acceptors (Lipinski definition) is 3. The summed E-state index contributed by atoms with van der Waals surface area (Å²) < 4.78 is 18.1. The standard InChI is InChI=1S/C18H19FN2O3/c1-12(2)18(23)21-15-5-3-4-14(10-15)20-17(22)11-24-16-8-6-13(19)7-9-16/h3-10,12H,11H2,1-2H3,(H,20,22)(H,21,23). The number of anilines is 2. The van der Waals surface area contributed by atoms with Gasteiger partial charge in [0, 0.05) is 17.3 Å². The van der Waals surface area contributed by atoms with Crippen molar-refractivity contribution in [1.82, 2.24) is 0 Å². The van der Waals surface area contributed by atoms with Gasteiger partial charge in [-0.15, -0.1) is 0 Å². The van der Waals surface area contributed by atoms with Crippen LogP contribution in [0.1, 0.15) is 13.8 Å². The first-order valence-corrected chi connectivity index (χ1v) is 7.53. The number of carbonyl (C=O) groups is 2. The van der Waals surface area contributed by atoms with Gasteiger partial charge in [0.1, 0.15) is 11.6 Å². The van der Waals surface area contributed by atoms with Crippen molar-refractivity contribution in [2.45, 2.75) is 13.8 Å². The molecule has 2 rings (SSSR count). The largest absolute Gasteiger partial charge is 0.484 e. The van der Waals surface area contributed by atoms with E-state index in [1.807, 2.05) is 0 Å². The van der Waals surface area contributed by atoms with Gasteiger partial charge in [0.2, 0.25) is 5.91 Å². The van der Waals surface area contributed by atoms with Gasteiger partial charge in [-0.05, 0) is 42.5 Å². The molecule has 126 valence electrons. The third-order valence-corrected chi connectivity index (χ3v) is 3.12. The van der Waals surface area contributed by atoms with Crippen molar-refractivity contribution in [2.24, 2.45) is 5.92 Å². The van der Waals surface area contributed by atoms with E-state index in [-0.39, 0.29) is 30.2 Å². The van der Waals surface area contributed by atoms with Gasteiger partial charge in [0.05, 0.1) is 0 Å². The second kappa shape index (κ2) is 8.10. The quantitative estimate of drug-likeness (QED) is 0.852. The van der Waals surface area contributed by atoms with Crippen LogP contribution in [0.15, 0.2) is 48.5 Å². The maximum absolute atomic E-state index is 12.8. The highest BCUT2D eigenvalue weighted by atomic mass is 19.1. The lowest BCUT2D eigenvalue weighted by Gasteiger charge is -2.11. The zero-order valence-corrected chi connectivity index (χ0v) is 13.5. The Hall–Kier alpha value is -2.89. The number of benzene rings is 2. The first kappa shape index (κ1) is 17.5. The fourth-order valence-corrected chi connectivity index (χ4v) is 1.84. The molecule has 0 saturated heterocycles. The zero-order chi connectivity index (χ0) is 17.5. The molecule has 0 heterocycles. The molecule has 0 unspecified atom stereocenters. The Morgan fingerprint density at radius 2 is 1.67 bits per heavy atom. The molecule has 0 saturated carbocycles. The van der Waals surface area contributed by atoms with Gasteiger partial charge in [-0.3, -0.25) is 9.59 Å². The molecule has 0 spiro atoms. The van der Waals surface area contributed by atoms with E-state index >= 15 is 0 Å². The van der Waals surface area contributed by atoms with Gasteiger partial charge in [0.25, 0.3) is 5.91 Å². The Labute approximate surface area is 139 Å². The minimum atomic E-state index is -0.368. The van der Waals surface area contributed by atoms with Crippen LogP contribution in [0.25, 0.3) is 0 Å². The van der Waals surface area contributed by atoms with Crippen molar-refractivity contribution in [3.63, 3.8) is 0 Å². The van der Waals surface area contributed by atoms with Gasteiger partial charge in [-0.25, -0.2) is 4.39 Å². The van der Waals surface area contributed by atoms with Crippen LogP contribution in [0.2, 0.25) is 0 Å². The average molecular weight is 330 g/mol. The van der Waals surface area contributed by atoms with Crippen molar-refractivity contribution in [1.29, 1.82) is 0 Å². The second-order valence-corrected chi connectivity index (χ2v) is 5.52. The Morgan fingerprint density at radius 3 is 2.29 bits per heavy atom. The van der Waals surface area contributed by atoms with Crippen LogP contribution in [-0.4, -0.2) is 18.4 Å². The normalized spacial score (nSPS) is 10.3. The summed E-state index contributed by atoms with van der Waals surface area (Å²) in [6.07, 6.45) is 0. The minimum absolute atomic E-state index is 0.0990. The molecule has 24 heavy (non-hydrogen) atoms. The van der Waals surface area contributed by atoms with E-state index in [1.54, 1.807) is 38.1 Å². The van der Waals surface area contributed by atoms with Crippen LogP contribution in [-0.2, 0) is 9.59 Å². The lowest BCUT2D eigenvalue weighted by Crippen LogP contribution is -2.21. The highest BCUT2D eigenvalue weighted by Crippen LogP contribution is 2.16. The van der Waals surface area contributed by atoms with E-state index < -0.39 is 0 Å². The molecular weight excluding hydrogens is 311 g/mol. The Balaban J connectivity index is 1.89. The number of ether oxygens (including phenoxy) is 1.